The molecule has 0 saturated carbocycles. The predicted molar refractivity (Wildman–Crippen MR) is 67.6 cm³/mol. The van der Waals surface area contributed by atoms with Crippen molar-refractivity contribution in [3.8, 4) is 5.75 Å². The van der Waals surface area contributed by atoms with Crippen LogP contribution in [-0.4, -0.2) is 13.5 Å². The smallest absolute Gasteiger partial charge is 0.218 e. The Kier molecular flexibility index (Phi) is 3.40. The lowest BCUT2D eigenvalue weighted by Gasteiger charge is -2.19. The molecule has 86 valence electrons. The van der Waals surface area contributed by atoms with Crippen LogP contribution in [0.15, 0.2) is 54.6 Å². The maximum atomic E-state index is 11.2. The zero-order valence-electron chi connectivity index (χ0n) is 9.54. The van der Waals surface area contributed by atoms with Gasteiger partial charge in [0.15, 0.2) is 0 Å². The van der Waals surface area contributed by atoms with E-state index in [2.05, 4.69) is 0 Å². The number of amides is 1. The minimum atomic E-state index is 0.670. The number of para-hydroxylation sites is 3. The number of benzene rings is 2. The average molecular weight is 227 g/mol. The molecule has 0 radical (unpaired) electrons. The maximum Gasteiger partial charge on any atom is 0.218 e. The van der Waals surface area contributed by atoms with Crippen LogP contribution < -0.4 is 9.64 Å². The molecule has 2 aromatic rings. The van der Waals surface area contributed by atoms with Crippen LogP contribution in [0.2, 0.25) is 0 Å². The van der Waals surface area contributed by atoms with Crippen LogP contribution in [0.4, 0.5) is 11.4 Å². The Balaban J connectivity index is 2.46. The molecule has 1 amide bonds. The topological polar surface area (TPSA) is 29.5 Å². The third-order valence-corrected chi connectivity index (χ3v) is 2.48. The Morgan fingerprint density at radius 1 is 1.00 bits per heavy atom. The summed E-state index contributed by atoms with van der Waals surface area (Å²) in [5.74, 6) is 0.670. The summed E-state index contributed by atoms with van der Waals surface area (Å²) >= 11 is 0. The van der Waals surface area contributed by atoms with Gasteiger partial charge in [-0.25, -0.2) is 0 Å². The number of hydrogen-bond acceptors (Lipinski definition) is 2. The van der Waals surface area contributed by atoms with Crippen molar-refractivity contribution in [3.05, 3.63) is 54.6 Å². The van der Waals surface area contributed by atoms with Crippen LogP contribution >= 0.6 is 0 Å². The fourth-order valence-electron chi connectivity index (χ4n) is 1.67. The lowest BCUT2D eigenvalue weighted by atomic mass is 10.2. The molecule has 0 N–H and O–H groups in total. The zero-order valence-corrected chi connectivity index (χ0v) is 9.54. The molecule has 0 fully saturated rings. The van der Waals surface area contributed by atoms with Crippen LogP contribution in [-0.2, 0) is 4.79 Å². The Hall–Kier alpha value is -2.29. The molecule has 0 aromatic heterocycles. The van der Waals surface area contributed by atoms with Gasteiger partial charge < -0.3 is 4.74 Å². The quantitative estimate of drug-likeness (QED) is 0.751. The summed E-state index contributed by atoms with van der Waals surface area (Å²) in [5, 5.41) is 0. The van der Waals surface area contributed by atoms with E-state index in [1.54, 1.807) is 12.0 Å². The van der Waals surface area contributed by atoms with E-state index in [0.29, 0.717) is 5.75 Å². The van der Waals surface area contributed by atoms with E-state index in [4.69, 9.17) is 4.74 Å². The first kappa shape index (κ1) is 11.2. The predicted octanol–water partition coefficient (Wildman–Crippen LogP) is 2.99. The van der Waals surface area contributed by atoms with Crippen LogP contribution in [0.1, 0.15) is 0 Å². The Labute approximate surface area is 100 Å². The first-order valence-corrected chi connectivity index (χ1v) is 5.29. The average Bonchev–Trinajstić information content (AvgIpc) is 2.41. The Morgan fingerprint density at radius 3 is 2.29 bits per heavy atom. The van der Waals surface area contributed by atoms with E-state index in [1.165, 1.54) is 0 Å². The van der Waals surface area contributed by atoms with Gasteiger partial charge in [-0.3, -0.25) is 9.69 Å². The molecule has 0 spiro atoms. The van der Waals surface area contributed by atoms with E-state index in [0.717, 1.165) is 17.8 Å². The van der Waals surface area contributed by atoms with E-state index in [-0.39, 0.29) is 0 Å². The number of ether oxygens (including phenoxy) is 1. The fraction of sp³-hybridized carbons (Fsp3) is 0.0714. The number of methoxy groups -OCH3 is 1. The molecule has 0 aliphatic rings. The van der Waals surface area contributed by atoms with Gasteiger partial charge in [0.2, 0.25) is 6.41 Å². The summed E-state index contributed by atoms with van der Waals surface area (Å²) < 4.78 is 5.25. The van der Waals surface area contributed by atoms with Gasteiger partial charge in [0.25, 0.3) is 0 Å². The lowest BCUT2D eigenvalue weighted by Crippen LogP contribution is -2.14. The fourth-order valence-corrected chi connectivity index (χ4v) is 1.67. The molecule has 17 heavy (non-hydrogen) atoms. The summed E-state index contributed by atoms with van der Waals surface area (Å²) in [5.41, 5.74) is 1.54. The Bertz CT molecular complexity index is 497. The van der Waals surface area contributed by atoms with Crippen LogP contribution in [0, 0.1) is 0 Å². The molecule has 0 unspecified atom stereocenters. The molecule has 0 aliphatic carbocycles. The molecule has 0 heterocycles. The highest BCUT2D eigenvalue weighted by Gasteiger charge is 2.11. The van der Waals surface area contributed by atoms with Crippen molar-refractivity contribution in [2.24, 2.45) is 0 Å². The number of hydrogen-bond donors (Lipinski definition) is 0. The summed E-state index contributed by atoms with van der Waals surface area (Å²) in [6, 6.07) is 16.9. The van der Waals surface area contributed by atoms with Gasteiger partial charge in [0.05, 0.1) is 12.8 Å². The number of nitrogens with zero attached hydrogens (tertiary/aromatic N) is 1. The second-order valence-electron chi connectivity index (χ2n) is 3.48. The van der Waals surface area contributed by atoms with Gasteiger partial charge in [0.1, 0.15) is 5.75 Å². The highest BCUT2D eigenvalue weighted by Crippen LogP contribution is 2.31. The zero-order chi connectivity index (χ0) is 12.1. The highest BCUT2D eigenvalue weighted by molar-refractivity contribution is 5.88. The van der Waals surface area contributed by atoms with E-state index >= 15 is 0 Å². The molecular formula is C14H13NO2. The molecular weight excluding hydrogens is 214 g/mol. The summed E-state index contributed by atoms with van der Waals surface area (Å²) in [6.45, 7) is 0. The molecule has 2 aromatic carbocycles. The summed E-state index contributed by atoms with van der Waals surface area (Å²) in [6.07, 6.45) is 0.785. The van der Waals surface area contributed by atoms with Crippen molar-refractivity contribution in [1.82, 2.24) is 0 Å². The number of carbonyl (C=O) groups excluding carboxylic acids is 1. The van der Waals surface area contributed by atoms with Gasteiger partial charge in [-0.1, -0.05) is 30.3 Å². The summed E-state index contributed by atoms with van der Waals surface area (Å²) in [7, 11) is 1.59. The molecule has 2 rings (SSSR count). The van der Waals surface area contributed by atoms with Gasteiger partial charge in [-0.2, -0.15) is 0 Å². The van der Waals surface area contributed by atoms with E-state index in [9.17, 15) is 4.79 Å². The molecule has 0 aliphatic heterocycles. The van der Waals surface area contributed by atoms with Crippen molar-refractivity contribution < 1.29 is 9.53 Å². The number of rotatable bonds is 4. The van der Waals surface area contributed by atoms with E-state index < -0.39 is 0 Å². The van der Waals surface area contributed by atoms with Gasteiger partial charge in [-0.15, -0.1) is 0 Å². The summed E-state index contributed by atoms with van der Waals surface area (Å²) in [4.78, 5) is 12.8. The molecule has 0 bridgehead atoms. The van der Waals surface area contributed by atoms with Gasteiger partial charge >= 0.3 is 0 Å². The standard InChI is InChI=1S/C14H13NO2/c1-17-14-10-6-5-9-13(14)15(11-16)12-7-3-2-4-8-12/h2-11H,1H3. The lowest BCUT2D eigenvalue weighted by molar-refractivity contribution is -0.106. The highest BCUT2D eigenvalue weighted by atomic mass is 16.5. The normalized spacial score (nSPS) is 9.71. The van der Waals surface area contributed by atoms with Crippen LogP contribution in [0.3, 0.4) is 0 Å². The first-order valence-electron chi connectivity index (χ1n) is 5.29. The first-order chi connectivity index (χ1) is 8.36. The van der Waals surface area contributed by atoms with Crippen molar-refractivity contribution in [3.63, 3.8) is 0 Å². The largest absolute Gasteiger partial charge is 0.495 e. The third kappa shape index (κ3) is 2.28. The maximum absolute atomic E-state index is 11.2. The number of carbonyl (C=O) groups is 1. The second-order valence-corrected chi connectivity index (χ2v) is 3.48. The van der Waals surface area contributed by atoms with E-state index in [1.807, 2.05) is 54.6 Å². The molecule has 0 atom stereocenters. The molecule has 0 saturated heterocycles. The minimum absolute atomic E-state index is 0.670. The van der Waals surface area contributed by atoms with Crippen molar-refractivity contribution >= 4 is 17.8 Å². The van der Waals surface area contributed by atoms with Crippen LogP contribution in [0.25, 0.3) is 0 Å². The second kappa shape index (κ2) is 5.16. The Morgan fingerprint density at radius 2 is 1.65 bits per heavy atom. The van der Waals surface area contributed by atoms with Gasteiger partial charge in [0, 0.05) is 5.69 Å². The van der Waals surface area contributed by atoms with Crippen molar-refractivity contribution in [2.75, 3.05) is 12.0 Å². The third-order valence-electron chi connectivity index (χ3n) is 2.48. The van der Waals surface area contributed by atoms with Crippen molar-refractivity contribution in [1.29, 1.82) is 0 Å². The molecule has 3 nitrogen and oxygen atoms in total. The molecule has 3 heteroatoms. The SMILES string of the molecule is COc1ccccc1N(C=O)c1ccccc1. The number of anilines is 2. The monoisotopic (exact) mass is 227 g/mol. The minimum Gasteiger partial charge on any atom is -0.495 e. The van der Waals surface area contributed by atoms with Gasteiger partial charge in [-0.05, 0) is 24.3 Å². The van der Waals surface area contributed by atoms with Crippen molar-refractivity contribution in [2.45, 2.75) is 0 Å². The van der Waals surface area contributed by atoms with Crippen LogP contribution in [0.5, 0.6) is 5.75 Å².